The first kappa shape index (κ1) is 14.3. The van der Waals surface area contributed by atoms with Gasteiger partial charge in [0.15, 0.2) is 0 Å². The number of hydrogen-bond donors (Lipinski definition) is 1. The summed E-state index contributed by atoms with van der Waals surface area (Å²) in [4.78, 5) is 19.4. The van der Waals surface area contributed by atoms with E-state index in [4.69, 9.17) is 4.74 Å². The van der Waals surface area contributed by atoms with Gasteiger partial charge in [0, 0.05) is 16.3 Å². The summed E-state index contributed by atoms with van der Waals surface area (Å²) in [6.45, 7) is 4.03. The number of benzene rings is 1. The number of nitrogens with zero attached hydrogens (tertiary/aromatic N) is 1. The predicted molar refractivity (Wildman–Crippen MR) is 81.5 cm³/mol. The zero-order chi connectivity index (χ0) is 13.4. The molecule has 0 saturated carbocycles. The van der Waals surface area contributed by atoms with Crippen LogP contribution in [-0.4, -0.2) is 22.5 Å². The molecule has 0 bridgehead atoms. The van der Waals surface area contributed by atoms with E-state index in [1.807, 2.05) is 31.2 Å². The van der Waals surface area contributed by atoms with Crippen LogP contribution < -0.4 is 0 Å². The van der Waals surface area contributed by atoms with Crippen LogP contribution in [0.5, 0.6) is 0 Å². The van der Waals surface area contributed by atoms with Crippen molar-refractivity contribution in [2.24, 2.45) is 0 Å². The zero-order valence-electron chi connectivity index (χ0n) is 11.3. The molecule has 0 amide bonds. The van der Waals surface area contributed by atoms with Gasteiger partial charge in [-0.05, 0) is 26.0 Å². The molecule has 0 saturated heterocycles. The molecule has 104 valence electrons. The Balaban J connectivity index is 0.00000147. The molecule has 0 aliphatic heterocycles. The predicted octanol–water partition coefficient (Wildman–Crippen LogP) is 3.62. The molecule has 0 spiro atoms. The molecule has 0 fully saturated rings. The smallest absolute Gasteiger partial charge is 0.356 e. The Morgan fingerprint density at radius 3 is 2.80 bits per heavy atom. The molecule has 4 nitrogen and oxygen atoms in total. The number of aryl methyl sites for hydroxylation is 1. The van der Waals surface area contributed by atoms with Crippen molar-refractivity contribution in [1.82, 2.24) is 9.97 Å². The van der Waals surface area contributed by atoms with Gasteiger partial charge in [-0.25, -0.2) is 9.78 Å². The molecule has 5 heteroatoms. The number of hydrogen-bond acceptors (Lipinski definition) is 3. The fourth-order valence-corrected chi connectivity index (χ4v) is 2.31. The summed E-state index contributed by atoms with van der Waals surface area (Å²) in [5.41, 5.74) is 3.17. The van der Waals surface area contributed by atoms with Gasteiger partial charge in [-0.15, -0.1) is 12.4 Å². The standard InChI is InChI=1S/C15H14N2O2.ClH/c1-3-19-15(18)13-8-11-10-6-4-5-7-12(10)17-14(11)9(2)16-13;/h4-8,17H,3H2,1-2H3;1H. The number of fused-ring (bicyclic) bond motifs is 3. The van der Waals surface area contributed by atoms with Gasteiger partial charge in [0.2, 0.25) is 0 Å². The highest BCUT2D eigenvalue weighted by Crippen LogP contribution is 2.27. The minimum Gasteiger partial charge on any atom is -0.461 e. The topological polar surface area (TPSA) is 55.0 Å². The maximum absolute atomic E-state index is 11.8. The van der Waals surface area contributed by atoms with E-state index < -0.39 is 0 Å². The average Bonchev–Trinajstić information content (AvgIpc) is 2.78. The summed E-state index contributed by atoms with van der Waals surface area (Å²) in [6, 6.07) is 9.79. The number of halogens is 1. The van der Waals surface area contributed by atoms with Crippen molar-refractivity contribution < 1.29 is 9.53 Å². The van der Waals surface area contributed by atoms with Crippen molar-refractivity contribution in [3.8, 4) is 0 Å². The lowest BCUT2D eigenvalue weighted by Crippen LogP contribution is -2.07. The van der Waals surface area contributed by atoms with E-state index in [2.05, 4.69) is 9.97 Å². The van der Waals surface area contributed by atoms with E-state index >= 15 is 0 Å². The van der Waals surface area contributed by atoms with Crippen LogP contribution in [0.1, 0.15) is 23.1 Å². The third kappa shape index (κ3) is 2.23. The van der Waals surface area contributed by atoms with Gasteiger partial charge in [-0.1, -0.05) is 18.2 Å². The normalized spacial score (nSPS) is 10.5. The minimum absolute atomic E-state index is 0. The molecule has 20 heavy (non-hydrogen) atoms. The summed E-state index contributed by atoms with van der Waals surface area (Å²) in [6.07, 6.45) is 0. The second-order valence-corrected chi connectivity index (χ2v) is 4.41. The van der Waals surface area contributed by atoms with Crippen molar-refractivity contribution in [2.75, 3.05) is 6.61 Å². The number of esters is 1. The van der Waals surface area contributed by atoms with Crippen molar-refractivity contribution in [3.05, 3.63) is 41.7 Å². The number of nitrogens with one attached hydrogen (secondary N) is 1. The monoisotopic (exact) mass is 290 g/mol. The van der Waals surface area contributed by atoms with E-state index in [-0.39, 0.29) is 18.4 Å². The lowest BCUT2D eigenvalue weighted by molar-refractivity contribution is 0.0519. The lowest BCUT2D eigenvalue weighted by Gasteiger charge is -2.03. The van der Waals surface area contributed by atoms with Crippen LogP contribution in [0, 0.1) is 6.92 Å². The van der Waals surface area contributed by atoms with Gasteiger partial charge in [0.25, 0.3) is 0 Å². The Labute approximate surface area is 122 Å². The van der Waals surface area contributed by atoms with Crippen LogP contribution in [0.4, 0.5) is 0 Å². The molecular weight excluding hydrogens is 276 g/mol. The van der Waals surface area contributed by atoms with Crippen LogP contribution in [-0.2, 0) is 4.74 Å². The molecule has 1 aromatic carbocycles. The largest absolute Gasteiger partial charge is 0.461 e. The van der Waals surface area contributed by atoms with Gasteiger partial charge < -0.3 is 9.72 Å². The molecule has 2 aromatic heterocycles. The molecule has 0 radical (unpaired) electrons. The fraction of sp³-hybridized carbons (Fsp3) is 0.200. The molecule has 0 aliphatic rings. The fourth-order valence-electron chi connectivity index (χ4n) is 2.31. The summed E-state index contributed by atoms with van der Waals surface area (Å²) < 4.78 is 5.01. The first-order valence-electron chi connectivity index (χ1n) is 6.26. The Morgan fingerprint density at radius 1 is 1.30 bits per heavy atom. The van der Waals surface area contributed by atoms with E-state index in [1.165, 1.54) is 0 Å². The minimum atomic E-state index is -0.377. The molecule has 0 unspecified atom stereocenters. The van der Waals surface area contributed by atoms with E-state index in [0.29, 0.717) is 12.3 Å². The molecular formula is C15H15ClN2O2. The molecule has 0 atom stereocenters. The third-order valence-electron chi connectivity index (χ3n) is 3.16. The van der Waals surface area contributed by atoms with Crippen molar-refractivity contribution in [1.29, 1.82) is 0 Å². The van der Waals surface area contributed by atoms with Gasteiger partial charge in [-0.3, -0.25) is 0 Å². The average molecular weight is 291 g/mol. The molecule has 1 N–H and O–H groups in total. The first-order chi connectivity index (χ1) is 9.20. The van der Waals surface area contributed by atoms with Crippen molar-refractivity contribution >= 4 is 40.2 Å². The number of carbonyl (C=O) groups is 1. The Bertz CT molecular complexity index is 780. The highest BCUT2D eigenvalue weighted by Gasteiger charge is 2.14. The Kier molecular flexibility index (Phi) is 3.95. The Morgan fingerprint density at radius 2 is 2.05 bits per heavy atom. The highest BCUT2D eigenvalue weighted by molar-refractivity contribution is 6.09. The second kappa shape index (κ2) is 5.51. The SMILES string of the molecule is CCOC(=O)c1cc2c([nH]c3ccccc32)c(C)n1.Cl. The molecule has 3 rings (SSSR count). The van der Waals surface area contributed by atoms with E-state index in [9.17, 15) is 4.79 Å². The maximum atomic E-state index is 11.8. The number of para-hydroxylation sites is 1. The number of aromatic nitrogens is 2. The number of rotatable bonds is 2. The number of carbonyl (C=O) groups excluding carboxylic acids is 1. The lowest BCUT2D eigenvalue weighted by atomic mass is 10.1. The van der Waals surface area contributed by atoms with Crippen LogP contribution in [0.2, 0.25) is 0 Å². The van der Waals surface area contributed by atoms with Gasteiger partial charge in [-0.2, -0.15) is 0 Å². The van der Waals surface area contributed by atoms with Crippen LogP contribution in [0.3, 0.4) is 0 Å². The van der Waals surface area contributed by atoms with Crippen molar-refractivity contribution in [2.45, 2.75) is 13.8 Å². The van der Waals surface area contributed by atoms with Crippen LogP contribution in [0.25, 0.3) is 21.8 Å². The van der Waals surface area contributed by atoms with Crippen LogP contribution in [0.15, 0.2) is 30.3 Å². The quantitative estimate of drug-likeness (QED) is 0.733. The van der Waals surface area contributed by atoms with E-state index in [1.54, 1.807) is 13.0 Å². The third-order valence-corrected chi connectivity index (χ3v) is 3.16. The number of H-pyrrole nitrogens is 1. The maximum Gasteiger partial charge on any atom is 0.356 e. The zero-order valence-corrected chi connectivity index (χ0v) is 12.1. The summed E-state index contributed by atoms with van der Waals surface area (Å²) in [5.74, 6) is -0.377. The second-order valence-electron chi connectivity index (χ2n) is 4.41. The number of ether oxygens (including phenoxy) is 1. The number of aromatic amines is 1. The van der Waals surface area contributed by atoms with Crippen LogP contribution >= 0.6 is 12.4 Å². The molecule has 3 aromatic rings. The number of pyridine rings is 1. The van der Waals surface area contributed by atoms with Gasteiger partial charge >= 0.3 is 5.97 Å². The summed E-state index contributed by atoms with van der Waals surface area (Å²) in [5, 5.41) is 2.10. The Hall–Kier alpha value is -2.07. The summed E-state index contributed by atoms with van der Waals surface area (Å²) >= 11 is 0. The highest BCUT2D eigenvalue weighted by atomic mass is 35.5. The van der Waals surface area contributed by atoms with Gasteiger partial charge in [0.1, 0.15) is 5.69 Å². The molecule has 2 heterocycles. The first-order valence-corrected chi connectivity index (χ1v) is 6.26. The molecule has 0 aliphatic carbocycles. The van der Waals surface area contributed by atoms with Gasteiger partial charge in [0.05, 0.1) is 17.8 Å². The van der Waals surface area contributed by atoms with Crippen molar-refractivity contribution in [3.63, 3.8) is 0 Å². The van der Waals surface area contributed by atoms with E-state index in [0.717, 1.165) is 27.5 Å². The summed E-state index contributed by atoms with van der Waals surface area (Å²) in [7, 11) is 0.